The van der Waals surface area contributed by atoms with Crippen molar-refractivity contribution in [2.45, 2.75) is 0 Å². The first-order valence-corrected chi connectivity index (χ1v) is 4.25. The maximum absolute atomic E-state index is 12.8. The summed E-state index contributed by atoms with van der Waals surface area (Å²) in [5.74, 6) is 5.37. The van der Waals surface area contributed by atoms with E-state index in [0.717, 1.165) is 0 Å². The Kier molecular flexibility index (Phi) is 3.53. The number of carbonyl (C=O) groups excluding carboxylic acids is 1. The Morgan fingerprint density at radius 1 is 1.54 bits per heavy atom. The van der Waals surface area contributed by atoms with Crippen molar-refractivity contribution >= 4 is 18.9 Å². The van der Waals surface area contributed by atoms with E-state index >= 15 is 0 Å². The molecule has 0 saturated heterocycles. The van der Waals surface area contributed by atoms with Gasteiger partial charge in [-0.1, -0.05) is 11.8 Å². The molecule has 0 aliphatic rings. The number of aldehydes is 1. The highest BCUT2D eigenvalue weighted by atomic mass is 32.1. The summed E-state index contributed by atoms with van der Waals surface area (Å²) in [4.78, 5) is 10.4. The third kappa shape index (κ3) is 2.60. The minimum atomic E-state index is -0.522. The number of carbonyl (C=O) groups is 1. The standard InChI is InChI=1S/C10H7FOS/c11-10-4-3-8(2-1-5-13)6-9(10)7-12/h3-4,6-7,13H,5H2. The molecule has 1 aromatic rings. The van der Waals surface area contributed by atoms with Gasteiger partial charge in [-0.3, -0.25) is 4.79 Å². The van der Waals surface area contributed by atoms with E-state index in [4.69, 9.17) is 0 Å². The predicted octanol–water partition coefficient (Wildman–Crippen LogP) is 1.92. The lowest BCUT2D eigenvalue weighted by atomic mass is 10.1. The molecule has 0 radical (unpaired) electrons. The molecule has 0 fully saturated rings. The summed E-state index contributed by atoms with van der Waals surface area (Å²) in [5, 5.41) is 0. The van der Waals surface area contributed by atoms with E-state index in [9.17, 15) is 9.18 Å². The molecule has 0 heterocycles. The lowest BCUT2D eigenvalue weighted by Gasteiger charge is -1.94. The number of hydrogen-bond donors (Lipinski definition) is 1. The average molecular weight is 194 g/mol. The minimum Gasteiger partial charge on any atom is -0.298 e. The first kappa shape index (κ1) is 9.82. The molecular weight excluding hydrogens is 187 g/mol. The fraction of sp³-hybridized carbons (Fsp3) is 0.100. The van der Waals surface area contributed by atoms with Crippen LogP contribution in [-0.2, 0) is 0 Å². The van der Waals surface area contributed by atoms with Crippen LogP contribution in [0.5, 0.6) is 0 Å². The van der Waals surface area contributed by atoms with Gasteiger partial charge in [0, 0.05) is 5.56 Å². The molecule has 3 heteroatoms. The molecule has 0 unspecified atom stereocenters. The Morgan fingerprint density at radius 3 is 2.92 bits per heavy atom. The zero-order valence-corrected chi connectivity index (χ0v) is 7.64. The molecule has 66 valence electrons. The molecule has 0 spiro atoms. The Bertz CT molecular complexity index is 376. The van der Waals surface area contributed by atoms with Crippen LogP contribution in [0.2, 0.25) is 0 Å². The third-order valence-corrected chi connectivity index (χ3v) is 1.59. The SMILES string of the molecule is O=Cc1cc(C#CCS)ccc1F. The average Bonchev–Trinajstić information content (AvgIpc) is 2.16. The summed E-state index contributed by atoms with van der Waals surface area (Å²) in [6.45, 7) is 0. The van der Waals surface area contributed by atoms with Gasteiger partial charge in [0.05, 0.1) is 11.3 Å². The van der Waals surface area contributed by atoms with Gasteiger partial charge in [0.25, 0.3) is 0 Å². The van der Waals surface area contributed by atoms with Gasteiger partial charge in [0.1, 0.15) is 5.82 Å². The van der Waals surface area contributed by atoms with Gasteiger partial charge in [0.15, 0.2) is 6.29 Å². The Hall–Kier alpha value is -1.27. The van der Waals surface area contributed by atoms with Gasteiger partial charge in [-0.2, -0.15) is 12.6 Å². The second-order valence-corrected chi connectivity index (χ2v) is 2.63. The van der Waals surface area contributed by atoms with Crippen molar-refractivity contribution in [3.05, 3.63) is 35.1 Å². The molecule has 0 aromatic heterocycles. The van der Waals surface area contributed by atoms with Gasteiger partial charge in [-0.25, -0.2) is 4.39 Å². The lowest BCUT2D eigenvalue weighted by Crippen LogP contribution is -1.88. The highest BCUT2D eigenvalue weighted by Crippen LogP contribution is 2.07. The van der Waals surface area contributed by atoms with E-state index < -0.39 is 5.82 Å². The molecule has 0 bridgehead atoms. The van der Waals surface area contributed by atoms with Crippen LogP contribution >= 0.6 is 12.6 Å². The summed E-state index contributed by atoms with van der Waals surface area (Å²) in [5.41, 5.74) is 0.656. The second-order valence-electron chi connectivity index (χ2n) is 2.31. The number of rotatable bonds is 1. The first-order valence-electron chi connectivity index (χ1n) is 3.62. The van der Waals surface area contributed by atoms with E-state index in [2.05, 4.69) is 24.5 Å². The van der Waals surface area contributed by atoms with E-state index in [0.29, 0.717) is 17.6 Å². The molecular formula is C10H7FOS. The van der Waals surface area contributed by atoms with Crippen molar-refractivity contribution in [2.24, 2.45) is 0 Å². The van der Waals surface area contributed by atoms with Gasteiger partial charge in [-0.15, -0.1) is 0 Å². The van der Waals surface area contributed by atoms with E-state index in [1.165, 1.54) is 18.2 Å². The monoisotopic (exact) mass is 194 g/mol. The van der Waals surface area contributed by atoms with E-state index in [1.54, 1.807) is 0 Å². The third-order valence-electron chi connectivity index (χ3n) is 1.43. The lowest BCUT2D eigenvalue weighted by molar-refractivity contribution is 0.112. The summed E-state index contributed by atoms with van der Waals surface area (Å²) in [7, 11) is 0. The fourth-order valence-corrected chi connectivity index (χ4v) is 0.932. The van der Waals surface area contributed by atoms with Crippen molar-refractivity contribution in [3.8, 4) is 11.8 Å². The Labute approximate surface area is 81.4 Å². The van der Waals surface area contributed by atoms with Crippen molar-refractivity contribution in [1.82, 2.24) is 0 Å². The van der Waals surface area contributed by atoms with Gasteiger partial charge < -0.3 is 0 Å². The smallest absolute Gasteiger partial charge is 0.153 e. The summed E-state index contributed by atoms with van der Waals surface area (Å²) < 4.78 is 12.8. The second kappa shape index (κ2) is 4.68. The highest BCUT2D eigenvalue weighted by molar-refractivity contribution is 7.80. The molecule has 1 rings (SSSR count). The molecule has 1 aromatic carbocycles. The molecule has 13 heavy (non-hydrogen) atoms. The van der Waals surface area contributed by atoms with Gasteiger partial charge >= 0.3 is 0 Å². The Balaban J connectivity index is 3.06. The first-order chi connectivity index (χ1) is 6.27. The molecule has 0 aliphatic carbocycles. The van der Waals surface area contributed by atoms with Crippen molar-refractivity contribution in [2.75, 3.05) is 5.75 Å². The van der Waals surface area contributed by atoms with E-state index in [1.807, 2.05) is 0 Å². The van der Waals surface area contributed by atoms with Crippen molar-refractivity contribution in [3.63, 3.8) is 0 Å². The van der Waals surface area contributed by atoms with Crippen LogP contribution in [0.4, 0.5) is 4.39 Å². The Morgan fingerprint density at radius 2 is 2.31 bits per heavy atom. The largest absolute Gasteiger partial charge is 0.298 e. The zero-order valence-electron chi connectivity index (χ0n) is 6.75. The van der Waals surface area contributed by atoms with Crippen LogP contribution in [0.15, 0.2) is 18.2 Å². The van der Waals surface area contributed by atoms with Crippen LogP contribution in [0.1, 0.15) is 15.9 Å². The van der Waals surface area contributed by atoms with Crippen LogP contribution in [-0.4, -0.2) is 12.0 Å². The minimum absolute atomic E-state index is 0.0333. The molecule has 0 aliphatic heterocycles. The maximum Gasteiger partial charge on any atom is 0.153 e. The molecule has 0 amide bonds. The normalized spacial score (nSPS) is 8.77. The molecule has 0 N–H and O–H groups in total. The number of halogens is 1. The van der Waals surface area contributed by atoms with Crippen molar-refractivity contribution in [1.29, 1.82) is 0 Å². The predicted molar refractivity (Wildman–Crippen MR) is 52.5 cm³/mol. The summed E-state index contributed by atoms with van der Waals surface area (Å²) in [6, 6.07) is 4.17. The van der Waals surface area contributed by atoms with Crippen LogP contribution < -0.4 is 0 Å². The zero-order chi connectivity index (χ0) is 9.68. The topological polar surface area (TPSA) is 17.1 Å². The van der Waals surface area contributed by atoms with Crippen LogP contribution in [0.25, 0.3) is 0 Å². The van der Waals surface area contributed by atoms with Gasteiger partial charge in [0.2, 0.25) is 0 Å². The molecule has 1 nitrogen and oxygen atoms in total. The summed E-state index contributed by atoms with van der Waals surface area (Å²) in [6.07, 6.45) is 0.473. The molecule has 0 saturated carbocycles. The van der Waals surface area contributed by atoms with Crippen LogP contribution in [0.3, 0.4) is 0 Å². The van der Waals surface area contributed by atoms with E-state index in [-0.39, 0.29) is 5.56 Å². The maximum atomic E-state index is 12.8. The fourth-order valence-electron chi connectivity index (χ4n) is 0.853. The number of benzene rings is 1. The number of thiol groups is 1. The van der Waals surface area contributed by atoms with Crippen molar-refractivity contribution < 1.29 is 9.18 Å². The van der Waals surface area contributed by atoms with Gasteiger partial charge in [-0.05, 0) is 18.2 Å². The molecule has 0 atom stereocenters. The number of hydrogen-bond acceptors (Lipinski definition) is 2. The van der Waals surface area contributed by atoms with Crippen LogP contribution in [0, 0.1) is 17.7 Å². The summed E-state index contributed by atoms with van der Waals surface area (Å²) >= 11 is 3.90. The quantitative estimate of drug-likeness (QED) is 0.410. The highest BCUT2D eigenvalue weighted by Gasteiger charge is 1.99.